The minimum Gasteiger partial charge on any atom is -0.459 e. The quantitative estimate of drug-likeness (QED) is 0.716. The van der Waals surface area contributed by atoms with Gasteiger partial charge in [0.2, 0.25) is 0 Å². The fourth-order valence-corrected chi connectivity index (χ4v) is 3.20. The lowest BCUT2D eigenvalue weighted by atomic mass is 10.1. The predicted molar refractivity (Wildman–Crippen MR) is 102 cm³/mol. The SMILES string of the molecule is O=C(COC(=O)[C@@H]1CCCN1C(=O)c1ccco1)NCCc1ccc(Cl)cc1. The van der Waals surface area contributed by atoms with Crippen molar-refractivity contribution in [3.8, 4) is 0 Å². The van der Waals surface area contributed by atoms with Crippen molar-refractivity contribution < 1.29 is 23.5 Å². The summed E-state index contributed by atoms with van der Waals surface area (Å²) in [6, 6.07) is 9.83. The number of halogens is 1. The molecule has 8 heteroatoms. The van der Waals surface area contributed by atoms with E-state index in [4.69, 9.17) is 20.8 Å². The molecule has 3 rings (SSSR count). The van der Waals surface area contributed by atoms with E-state index in [0.717, 1.165) is 5.56 Å². The average Bonchev–Trinajstić information content (AvgIpc) is 3.39. The lowest BCUT2D eigenvalue weighted by Crippen LogP contribution is -2.42. The molecule has 1 aliphatic rings. The van der Waals surface area contributed by atoms with Gasteiger partial charge < -0.3 is 19.4 Å². The maximum atomic E-state index is 12.4. The van der Waals surface area contributed by atoms with Gasteiger partial charge in [0.1, 0.15) is 6.04 Å². The van der Waals surface area contributed by atoms with Gasteiger partial charge >= 0.3 is 5.97 Å². The van der Waals surface area contributed by atoms with Crippen molar-refractivity contribution in [2.45, 2.75) is 25.3 Å². The number of furan rings is 1. The van der Waals surface area contributed by atoms with Gasteiger partial charge in [0.05, 0.1) is 6.26 Å². The van der Waals surface area contributed by atoms with Crippen LogP contribution in [0.2, 0.25) is 5.02 Å². The second-order valence-corrected chi connectivity index (χ2v) is 6.90. The number of benzene rings is 1. The molecule has 1 fully saturated rings. The summed E-state index contributed by atoms with van der Waals surface area (Å²) in [6.45, 7) is 0.496. The van der Waals surface area contributed by atoms with Crippen LogP contribution in [0.25, 0.3) is 0 Å². The van der Waals surface area contributed by atoms with Gasteiger partial charge in [0.25, 0.3) is 11.8 Å². The highest BCUT2D eigenvalue weighted by atomic mass is 35.5. The molecular weight excluding hydrogens is 384 g/mol. The first-order valence-electron chi connectivity index (χ1n) is 9.07. The Morgan fingerprint density at radius 3 is 2.71 bits per heavy atom. The molecule has 2 aromatic rings. The zero-order valence-corrected chi connectivity index (χ0v) is 16.0. The Morgan fingerprint density at radius 2 is 2.00 bits per heavy atom. The van der Waals surface area contributed by atoms with E-state index in [1.807, 2.05) is 12.1 Å². The van der Waals surface area contributed by atoms with Crippen molar-refractivity contribution in [1.82, 2.24) is 10.2 Å². The highest BCUT2D eigenvalue weighted by Crippen LogP contribution is 2.21. The van der Waals surface area contributed by atoms with E-state index in [1.165, 1.54) is 11.2 Å². The Kier molecular flexibility index (Phi) is 6.71. The summed E-state index contributed by atoms with van der Waals surface area (Å²) in [4.78, 5) is 38.1. The number of nitrogens with zero attached hydrogens (tertiary/aromatic N) is 1. The molecule has 2 amide bonds. The lowest BCUT2D eigenvalue weighted by Gasteiger charge is -2.22. The predicted octanol–water partition coefficient (Wildman–Crippen LogP) is 2.44. The summed E-state index contributed by atoms with van der Waals surface area (Å²) >= 11 is 5.83. The molecule has 1 atom stereocenters. The second-order valence-electron chi connectivity index (χ2n) is 6.47. The van der Waals surface area contributed by atoms with Gasteiger partial charge in [-0.15, -0.1) is 0 Å². The van der Waals surface area contributed by atoms with Gasteiger partial charge in [-0.3, -0.25) is 9.59 Å². The van der Waals surface area contributed by atoms with Crippen molar-refractivity contribution >= 4 is 29.4 Å². The van der Waals surface area contributed by atoms with E-state index in [9.17, 15) is 14.4 Å². The third-order valence-corrected chi connectivity index (χ3v) is 4.76. The normalized spacial score (nSPS) is 16.0. The van der Waals surface area contributed by atoms with Gasteiger partial charge in [0.15, 0.2) is 12.4 Å². The number of likely N-dealkylation sites (tertiary alicyclic amines) is 1. The Bertz CT molecular complexity index is 820. The van der Waals surface area contributed by atoms with Crippen LogP contribution in [-0.2, 0) is 20.7 Å². The zero-order chi connectivity index (χ0) is 19.9. The highest BCUT2D eigenvalue weighted by molar-refractivity contribution is 6.30. The minimum atomic E-state index is -0.695. The van der Waals surface area contributed by atoms with Crippen LogP contribution in [0, 0.1) is 0 Å². The first kappa shape index (κ1) is 19.9. The molecule has 1 aromatic carbocycles. The van der Waals surface area contributed by atoms with Crippen LogP contribution >= 0.6 is 11.6 Å². The topological polar surface area (TPSA) is 88.9 Å². The third-order valence-electron chi connectivity index (χ3n) is 4.51. The number of hydrogen-bond donors (Lipinski definition) is 1. The lowest BCUT2D eigenvalue weighted by molar-refractivity contribution is -0.152. The smallest absolute Gasteiger partial charge is 0.329 e. The summed E-state index contributed by atoms with van der Waals surface area (Å²) in [7, 11) is 0. The maximum absolute atomic E-state index is 12.4. The van der Waals surface area contributed by atoms with Gasteiger partial charge in [-0.1, -0.05) is 23.7 Å². The molecule has 1 aromatic heterocycles. The number of carbonyl (C=O) groups is 3. The van der Waals surface area contributed by atoms with Crippen LogP contribution in [-0.4, -0.2) is 48.4 Å². The third kappa shape index (κ3) is 5.13. The first-order chi connectivity index (χ1) is 13.5. The van der Waals surface area contributed by atoms with Crippen molar-refractivity contribution in [3.05, 3.63) is 59.0 Å². The summed E-state index contributed by atoms with van der Waals surface area (Å²) in [5, 5.41) is 3.36. The molecule has 1 N–H and O–H groups in total. The van der Waals surface area contributed by atoms with Crippen LogP contribution in [0.15, 0.2) is 47.1 Å². The molecule has 1 aliphatic heterocycles. The van der Waals surface area contributed by atoms with Gasteiger partial charge in [-0.25, -0.2) is 4.79 Å². The Morgan fingerprint density at radius 1 is 1.21 bits per heavy atom. The molecule has 0 unspecified atom stereocenters. The monoisotopic (exact) mass is 404 g/mol. The van der Waals surface area contributed by atoms with Gasteiger partial charge in [0, 0.05) is 18.1 Å². The number of amides is 2. The number of esters is 1. The Hall–Kier alpha value is -2.80. The fourth-order valence-electron chi connectivity index (χ4n) is 3.08. The molecule has 0 radical (unpaired) electrons. The Balaban J connectivity index is 1.42. The molecule has 1 saturated heterocycles. The van der Waals surface area contributed by atoms with Gasteiger partial charge in [-0.05, 0) is 49.1 Å². The average molecular weight is 405 g/mol. The fraction of sp³-hybridized carbons (Fsp3) is 0.350. The largest absolute Gasteiger partial charge is 0.459 e. The van der Waals surface area contributed by atoms with Crippen molar-refractivity contribution in [2.75, 3.05) is 19.7 Å². The highest BCUT2D eigenvalue weighted by Gasteiger charge is 2.36. The van der Waals surface area contributed by atoms with Crippen LogP contribution < -0.4 is 5.32 Å². The van der Waals surface area contributed by atoms with E-state index in [2.05, 4.69) is 5.32 Å². The van der Waals surface area contributed by atoms with Crippen molar-refractivity contribution in [1.29, 1.82) is 0 Å². The molecule has 0 spiro atoms. The maximum Gasteiger partial charge on any atom is 0.329 e. The van der Waals surface area contributed by atoms with E-state index in [-0.39, 0.29) is 24.2 Å². The van der Waals surface area contributed by atoms with Crippen LogP contribution in [0.4, 0.5) is 0 Å². The molecule has 148 valence electrons. The van der Waals surface area contributed by atoms with Crippen molar-refractivity contribution in [2.24, 2.45) is 0 Å². The standard InChI is InChI=1S/C20H21ClN2O5/c21-15-7-5-14(6-8-15)9-10-22-18(24)13-28-20(26)16-3-1-11-23(16)19(25)17-4-2-12-27-17/h2,4-8,12,16H,1,3,9-11,13H2,(H,22,24)/t16-/m0/s1. The minimum absolute atomic E-state index is 0.180. The van der Waals surface area contributed by atoms with Crippen LogP contribution in [0.5, 0.6) is 0 Å². The summed E-state index contributed by atoms with van der Waals surface area (Å²) in [6.07, 6.45) is 3.25. The molecule has 28 heavy (non-hydrogen) atoms. The number of nitrogens with one attached hydrogen (secondary N) is 1. The molecule has 7 nitrogen and oxygen atoms in total. The number of carbonyl (C=O) groups excluding carboxylic acids is 3. The van der Waals surface area contributed by atoms with Gasteiger partial charge in [-0.2, -0.15) is 0 Å². The summed E-state index contributed by atoms with van der Waals surface area (Å²) in [5.41, 5.74) is 1.04. The second kappa shape index (κ2) is 9.41. The molecular formula is C20H21ClN2O5. The number of hydrogen-bond acceptors (Lipinski definition) is 5. The van der Waals surface area contributed by atoms with E-state index in [0.29, 0.717) is 37.4 Å². The number of rotatable bonds is 7. The van der Waals surface area contributed by atoms with E-state index in [1.54, 1.807) is 24.3 Å². The van der Waals surface area contributed by atoms with E-state index >= 15 is 0 Å². The summed E-state index contributed by atoms with van der Waals surface area (Å²) in [5.74, 6) is -1.13. The van der Waals surface area contributed by atoms with E-state index < -0.39 is 12.0 Å². The molecule has 0 saturated carbocycles. The van der Waals surface area contributed by atoms with Crippen LogP contribution in [0.1, 0.15) is 29.0 Å². The van der Waals surface area contributed by atoms with Crippen molar-refractivity contribution in [3.63, 3.8) is 0 Å². The molecule has 0 bridgehead atoms. The summed E-state index contributed by atoms with van der Waals surface area (Å²) < 4.78 is 10.2. The Labute approximate surface area is 167 Å². The first-order valence-corrected chi connectivity index (χ1v) is 9.44. The molecule has 2 heterocycles. The number of ether oxygens (including phenoxy) is 1. The molecule has 0 aliphatic carbocycles. The van der Waals surface area contributed by atoms with Crippen LogP contribution in [0.3, 0.4) is 0 Å². The zero-order valence-electron chi connectivity index (χ0n) is 15.2.